The summed E-state index contributed by atoms with van der Waals surface area (Å²) < 4.78 is 13.1. The quantitative estimate of drug-likeness (QED) is 0.497. The lowest BCUT2D eigenvalue weighted by atomic mass is 10.1. The van der Waals surface area contributed by atoms with Gasteiger partial charge in [0, 0.05) is 13.0 Å². The molecule has 29 heavy (non-hydrogen) atoms. The predicted octanol–water partition coefficient (Wildman–Crippen LogP) is 2.81. The summed E-state index contributed by atoms with van der Waals surface area (Å²) in [5.41, 5.74) is 8.64. The van der Waals surface area contributed by atoms with Crippen molar-refractivity contribution in [3.63, 3.8) is 0 Å². The molecule has 0 aliphatic carbocycles. The van der Waals surface area contributed by atoms with Crippen molar-refractivity contribution < 1.29 is 9.47 Å². The van der Waals surface area contributed by atoms with E-state index in [0.29, 0.717) is 31.1 Å². The summed E-state index contributed by atoms with van der Waals surface area (Å²) in [5.74, 6) is 1.20. The molecule has 0 aliphatic heterocycles. The van der Waals surface area contributed by atoms with Gasteiger partial charge in [0.2, 0.25) is 0 Å². The van der Waals surface area contributed by atoms with Crippen molar-refractivity contribution in [2.24, 2.45) is 0 Å². The Morgan fingerprint density at radius 3 is 2.55 bits per heavy atom. The van der Waals surface area contributed by atoms with Gasteiger partial charge >= 0.3 is 6.01 Å². The lowest BCUT2D eigenvalue weighted by Gasteiger charge is -2.10. The van der Waals surface area contributed by atoms with Gasteiger partial charge in [0.15, 0.2) is 11.5 Å². The Morgan fingerprint density at radius 2 is 1.83 bits per heavy atom. The minimum Gasteiger partial charge on any atom is -0.494 e. The minimum atomic E-state index is 0.282. The first-order valence-corrected chi connectivity index (χ1v) is 10.1. The van der Waals surface area contributed by atoms with E-state index in [1.165, 1.54) is 0 Å². The number of benzene rings is 1. The Hall–Kier alpha value is -2.87. The van der Waals surface area contributed by atoms with E-state index in [2.05, 4.69) is 53.1 Å². The first kappa shape index (κ1) is 20.9. The number of nitrogens with two attached hydrogens (primary N) is 1. The molecule has 8 nitrogen and oxygen atoms in total. The molecule has 3 rings (SSSR count). The van der Waals surface area contributed by atoms with E-state index < -0.39 is 0 Å². The van der Waals surface area contributed by atoms with E-state index in [9.17, 15) is 0 Å². The lowest BCUT2D eigenvalue weighted by molar-refractivity contribution is 0.280. The molecular weight excluding hydrogens is 368 g/mol. The highest BCUT2D eigenvalue weighted by Crippen LogP contribution is 2.19. The summed E-state index contributed by atoms with van der Waals surface area (Å²) in [5, 5.41) is 4.46. The fourth-order valence-corrected chi connectivity index (χ4v) is 2.90. The molecule has 2 N–H and O–H groups in total. The molecule has 3 aromatic rings. The maximum atomic E-state index is 6.03. The van der Waals surface area contributed by atoms with Gasteiger partial charge in [-0.1, -0.05) is 25.5 Å². The van der Waals surface area contributed by atoms with Crippen molar-refractivity contribution in [2.75, 3.05) is 39.6 Å². The third-order valence-electron chi connectivity index (χ3n) is 4.50. The average Bonchev–Trinajstić information content (AvgIpc) is 3.10. The molecule has 0 bridgehead atoms. The molecule has 0 radical (unpaired) electrons. The number of nitrogens with zero attached hydrogens (tertiary/aromatic N) is 5. The number of hydrogen-bond acceptors (Lipinski definition) is 7. The van der Waals surface area contributed by atoms with Crippen LogP contribution in [0.3, 0.4) is 0 Å². The lowest BCUT2D eigenvalue weighted by Crippen LogP contribution is -2.15. The van der Waals surface area contributed by atoms with Crippen LogP contribution in [0.2, 0.25) is 0 Å². The molecule has 8 heteroatoms. The molecule has 156 valence electrons. The van der Waals surface area contributed by atoms with Gasteiger partial charge < -0.3 is 20.1 Å². The summed E-state index contributed by atoms with van der Waals surface area (Å²) in [6, 6.07) is 8.39. The van der Waals surface area contributed by atoms with Gasteiger partial charge in [-0.15, -0.1) is 5.10 Å². The second-order valence-electron chi connectivity index (χ2n) is 7.29. The molecule has 0 fully saturated rings. The van der Waals surface area contributed by atoms with E-state index in [1.54, 1.807) is 10.7 Å². The van der Waals surface area contributed by atoms with Crippen molar-refractivity contribution in [1.29, 1.82) is 0 Å². The Balaban J connectivity index is 1.66. The van der Waals surface area contributed by atoms with E-state index in [-0.39, 0.29) is 6.01 Å². The largest absolute Gasteiger partial charge is 0.494 e. The molecule has 0 atom stereocenters. The van der Waals surface area contributed by atoms with Crippen LogP contribution in [0, 0.1) is 0 Å². The third kappa shape index (κ3) is 5.80. The first-order chi connectivity index (χ1) is 14.1. The van der Waals surface area contributed by atoms with Crippen LogP contribution < -0.4 is 15.2 Å². The van der Waals surface area contributed by atoms with Crippen LogP contribution in [0.25, 0.3) is 5.65 Å². The molecule has 0 saturated carbocycles. The molecular formula is C21H30N6O2. The number of ether oxygens (including phenoxy) is 2. The van der Waals surface area contributed by atoms with E-state index in [1.807, 2.05) is 12.1 Å². The van der Waals surface area contributed by atoms with E-state index >= 15 is 0 Å². The molecule has 0 unspecified atom stereocenters. The number of nitrogen functional groups attached to an aromatic ring is 1. The predicted molar refractivity (Wildman–Crippen MR) is 114 cm³/mol. The van der Waals surface area contributed by atoms with Gasteiger partial charge in [0.25, 0.3) is 0 Å². The van der Waals surface area contributed by atoms with Gasteiger partial charge in [-0.05, 0) is 44.6 Å². The van der Waals surface area contributed by atoms with Crippen LogP contribution in [0.15, 0.2) is 30.5 Å². The molecule has 0 aliphatic rings. The maximum absolute atomic E-state index is 6.03. The minimum absolute atomic E-state index is 0.282. The number of aromatic nitrogens is 4. The smallest absolute Gasteiger partial charge is 0.336 e. The van der Waals surface area contributed by atoms with Crippen LogP contribution in [-0.4, -0.2) is 58.3 Å². The highest BCUT2D eigenvalue weighted by molar-refractivity contribution is 5.59. The van der Waals surface area contributed by atoms with Gasteiger partial charge in [0.1, 0.15) is 5.75 Å². The number of fused-ring (bicyclic) bond motifs is 1. The average molecular weight is 399 g/mol. The highest BCUT2D eigenvalue weighted by Gasteiger charge is 2.12. The van der Waals surface area contributed by atoms with E-state index in [0.717, 1.165) is 42.8 Å². The third-order valence-corrected chi connectivity index (χ3v) is 4.50. The van der Waals surface area contributed by atoms with Crippen LogP contribution >= 0.6 is 0 Å². The maximum Gasteiger partial charge on any atom is 0.336 e. The van der Waals surface area contributed by atoms with Crippen LogP contribution in [0.5, 0.6) is 11.8 Å². The Bertz CT molecular complexity index is 907. The first-order valence-electron chi connectivity index (χ1n) is 10.1. The zero-order valence-corrected chi connectivity index (χ0v) is 17.5. The summed E-state index contributed by atoms with van der Waals surface area (Å²) in [7, 11) is 4.13. The highest BCUT2D eigenvalue weighted by atomic mass is 16.5. The molecule has 1 aromatic carbocycles. The van der Waals surface area contributed by atoms with Crippen molar-refractivity contribution in [3.05, 3.63) is 41.7 Å². The van der Waals surface area contributed by atoms with Gasteiger partial charge in [0.05, 0.1) is 25.1 Å². The number of imidazole rings is 1. The second kappa shape index (κ2) is 10.1. The Labute approximate surface area is 171 Å². The topological polar surface area (TPSA) is 90.8 Å². The summed E-state index contributed by atoms with van der Waals surface area (Å²) in [6.07, 6.45) is 5.44. The van der Waals surface area contributed by atoms with Gasteiger partial charge in [-0.25, -0.2) is 9.50 Å². The fourth-order valence-electron chi connectivity index (χ4n) is 2.90. The van der Waals surface area contributed by atoms with Crippen LogP contribution in [0.1, 0.15) is 37.4 Å². The van der Waals surface area contributed by atoms with Crippen LogP contribution in [0.4, 0.5) is 5.82 Å². The van der Waals surface area contributed by atoms with Crippen molar-refractivity contribution in [3.8, 4) is 11.8 Å². The second-order valence-corrected chi connectivity index (χ2v) is 7.29. The number of hydrogen-bond donors (Lipinski definition) is 1. The Kier molecular flexibility index (Phi) is 7.24. The molecule has 0 spiro atoms. The zero-order valence-electron chi connectivity index (χ0n) is 17.5. The molecule has 2 heterocycles. The standard InChI is InChI=1S/C21H30N6O2/c1-4-5-12-29-21-24-19(22)20-23-15-17(27(20)25-21)14-16-7-9-18(10-8-16)28-13-6-11-26(2)3/h7-10,15H,4-6,11-14H2,1-3H3,(H2,22,24,25). The monoisotopic (exact) mass is 398 g/mol. The van der Waals surface area contributed by atoms with Gasteiger partial charge in [-0.3, -0.25) is 0 Å². The number of anilines is 1. The summed E-state index contributed by atoms with van der Waals surface area (Å²) in [4.78, 5) is 10.7. The molecule has 0 amide bonds. The number of rotatable bonds is 11. The Morgan fingerprint density at radius 1 is 1.07 bits per heavy atom. The molecule has 0 saturated heterocycles. The van der Waals surface area contributed by atoms with Gasteiger partial charge in [-0.2, -0.15) is 4.98 Å². The zero-order chi connectivity index (χ0) is 20.6. The van der Waals surface area contributed by atoms with Crippen molar-refractivity contribution in [1.82, 2.24) is 24.5 Å². The summed E-state index contributed by atoms with van der Waals surface area (Å²) in [6.45, 7) is 4.40. The van der Waals surface area contributed by atoms with Crippen LogP contribution in [-0.2, 0) is 6.42 Å². The van der Waals surface area contributed by atoms with Crippen molar-refractivity contribution in [2.45, 2.75) is 32.6 Å². The number of unbranched alkanes of at least 4 members (excludes halogenated alkanes) is 1. The normalized spacial score (nSPS) is 11.3. The van der Waals surface area contributed by atoms with Crippen molar-refractivity contribution >= 4 is 11.5 Å². The summed E-state index contributed by atoms with van der Waals surface area (Å²) >= 11 is 0. The fraction of sp³-hybridized carbons (Fsp3) is 0.476. The molecule has 2 aromatic heterocycles. The van der Waals surface area contributed by atoms with E-state index in [4.69, 9.17) is 15.2 Å². The SMILES string of the molecule is CCCCOc1nc(N)c2ncc(Cc3ccc(OCCCN(C)C)cc3)n2n1.